The van der Waals surface area contributed by atoms with E-state index in [1.54, 1.807) is 18.2 Å². The zero-order valence-corrected chi connectivity index (χ0v) is 18.4. The van der Waals surface area contributed by atoms with Crippen molar-refractivity contribution in [2.75, 3.05) is 0 Å². The van der Waals surface area contributed by atoms with Crippen LogP contribution in [-0.2, 0) is 11.3 Å². The molecule has 2 amide bonds. The number of nitrogens with zero attached hydrogens (tertiary/aromatic N) is 3. The molecule has 0 unspecified atom stereocenters. The first-order chi connectivity index (χ1) is 16.7. The number of rotatable bonds is 7. The molecule has 3 aromatic rings. The SMILES string of the molecule is O=C1S/C(=C\c2cccc(Oc3ccc([N+](=O)[O-])cc3[N+](=O)[O-])c2)C(=O)N1Cc1ccccc1F. The van der Waals surface area contributed by atoms with E-state index in [0.29, 0.717) is 17.3 Å². The van der Waals surface area contributed by atoms with Gasteiger partial charge in [0.2, 0.25) is 5.75 Å². The Labute approximate surface area is 200 Å². The fourth-order valence-corrected chi connectivity index (χ4v) is 4.07. The molecule has 35 heavy (non-hydrogen) atoms. The van der Waals surface area contributed by atoms with E-state index in [-0.39, 0.29) is 28.5 Å². The molecule has 1 aliphatic heterocycles. The van der Waals surface area contributed by atoms with Crippen LogP contribution in [0.25, 0.3) is 6.08 Å². The predicted octanol–water partition coefficient (Wildman–Crippen LogP) is 5.67. The van der Waals surface area contributed by atoms with Crippen molar-refractivity contribution in [2.45, 2.75) is 6.54 Å². The van der Waals surface area contributed by atoms with E-state index in [4.69, 9.17) is 4.74 Å². The Morgan fingerprint density at radius 1 is 0.971 bits per heavy atom. The molecule has 12 heteroatoms. The predicted molar refractivity (Wildman–Crippen MR) is 124 cm³/mol. The van der Waals surface area contributed by atoms with Crippen LogP contribution in [0.2, 0.25) is 0 Å². The van der Waals surface area contributed by atoms with E-state index in [0.717, 1.165) is 23.1 Å². The third-order valence-corrected chi connectivity index (χ3v) is 5.80. The van der Waals surface area contributed by atoms with E-state index in [2.05, 4.69) is 0 Å². The maximum atomic E-state index is 13.9. The molecular weight excluding hydrogens is 481 g/mol. The van der Waals surface area contributed by atoms with Gasteiger partial charge in [0.25, 0.3) is 16.8 Å². The molecular formula is C23H14FN3O7S. The van der Waals surface area contributed by atoms with Crippen LogP contribution in [0.3, 0.4) is 0 Å². The highest BCUT2D eigenvalue weighted by Crippen LogP contribution is 2.36. The molecule has 0 radical (unpaired) electrons. The number of amides is 2. The number of imide groups is 1. The molecule has 1 fully saturated rings. The molecule has 0 spiro atoms. The number of halogens is 1. The molecule has 0 aliphatic carbocycles. The summed E-state index contributed by atoms with van der Waals surface area (Å²) in [7, 11) is 0. The molecule has 176 valence electrons. The zero-order valence-electron chi connectivity index (χ0n) is 17.6. The van der Waals surface area contributed by atoms with Gasteiger partial charge >= 0.3 is 5.69 Å². The monoisotopic (exact) mass is 495 g/mol. The summed E-state index contributed by atoms with van der Waals surface area (Å²) < 4.78 is 19.5. The second kappa shape index (κ2) is 9.73. The lowest BCUT2D eigenvalue weighted by Crippen LogP contribution is -2.27. The number of thioether (sulfide) groups is 1. The van der Waals surface area contributed by atoms with Gasteiger partial charge in [0.15, 0.2) is 0 Å². The van der Waals surface area contributed by atoms with Crippen LogP contribution in [0.15, 0.2) is 71.6 Å². The molecule has 0 bridgehead atoms. The molecule has 1 saturated heterocycles. The molecule has 0 atom stereocenters. The number of nitro benzene ring substituents is 2. The molecule has 0 aromatic heterocycles. The Hall–Kier alpha value is -4.58. The summed E-state index contributed by atoms with van der Waals surface area (Å²) in [6.45, 7) is -0.207. The summed E-state index contributed by atoms with van der Waals surface area (Å²) in [5.74, 6) is -1.15. The van der Waals surface area contributed by atoms with E-state index in [9.17, 15) is 34.2 Å². The summed E-state index contributed by atoms with van der Waals surface area (Å²) in [5, 5.41) is 21.7. The van der Waals surface area contributed by atoms with Gasteiger partial charge in [-0.1, -0.05) is 30.3 Å². The average Bonchev–Trinajstić information content (AvgIpc) is 3.08. The van der Waals surface area contributed by atoms with E-state index < -0.39 is 38.2 Å². The quantitative estimate of drug-likeness (QED) is 0.233. The highest BCUT2D eigenvalue weighted by Gasteiger charge is 2.35. The largest absolute Gasteiger partial charge is 0.450 e. The third kappa shape index (κ3) is 5.17. The Kier molecular flexibility index (Phi) is 6.55. The second-order valence-electron chi connectivity index (χ2n) is 7.20. The van der Waals surface area contributed by atoms with Crippen LogP contribution < -0.4 is 4.74 Å². The second-order valence-corrected chi connectivity index (χ2v) is 8.19. The molecule has 1 heterocycles. The highest BCUT2D eigenvalue weighted by molar-refractivity contribution is 8.18. The lowest BCUT2D eigenvalue weighted by Gasteiger charge is -2.12. The van der Waals surface area contributed by atoms with E-state index in [1.165, 1.54) is 36.4 Å². The van der Waals surface area contributed by atoms with Gasteiger partial charge in [-0.15, -0.1) is 0 Å². The van der Waals surface area contributed by atoms with Gasteiger partial charge in [0.1, 0.15) is 11.6 Å². The fourth-order valence-electron chi connectivity index (χ4n) is 3.23. The Bertz CT molecular complexity index is 1410. The van der Waals surface area contributed by atoms with Crippen molar-refractivity contribution >= 4 is 40.4 Å². The number of hydrogen-bond acceptors (Lipinski definition) is 8. The highest BCUT2D eigenvalue weighted by atomic mass is 32.2. The van der Waals surface area contributed by atoms with Crippen molar-refractivity contribution in [3.05, 3.63) is 109 Å². The lowest BCUT2D eigenvalue weighted by atomic mass is 10.2. The first-order valence-corrected chi connectivity index (χ1v) is 10.7. The topological polar surface area (TPSA) is 133 Å². The summed E-state index contributed by atoms with van der Waals surface area (Å²) in [6, 6.07) is 15.0. The number of hydrogen-bond donors (Lipinski definition) is 0. The molecule has 4 rings (SSSR count). The first-order valence-electron chi connectivity index (χ1n) is 9.92. The maximum Gasteiger partial charge on any atom is 0.318 e. The molecule has 1 aliphatic rings. The number of nitro groups is 2. The minimum atomic E-state index is -0.794. The third-order valence-electron chi connectivity index (χ3n) is 4.89. The van der Waals surface area contributed by atoms with Crippen molar-refractivity contribution in [3.63, 3.8) is 0 Å². The molecule has 3 aromatic carbocycles. The van der Waals surface area contributed by atoms with Crippen LogP contribution in [0, 0.1) is 26.0 Å². The number of carbonyl (C=O) groups is 2. The van der Waals surface area contributed by atoms with Crippen LogP contribution in [-0.4, -0.2) is 25.9 Å². The van der Waals surface area contributed by atoms with Crippen molar-refractivity contribution in [1.29, 1.82) is 0 Å². The Morgan fingerprint density at radius 3 is 2.46 bits per heavy atom. The molecule has 0 saturated carbocycles. The molecule has 0 N–H and O–H groups in total. The zero-order chi connectivity index (χ0) is 25.1. The molecule has 10 nitrogen and oxygen atoms in total. The van der Waals surface area contributed by atoms with Gasteiger partial charge < -0.3 is 4.74 Å². The Morgan fingerprint density at radius 2 is 1.74 bits per heavy atom. The van der Waals surface area contributed by atoms with Gasteiger partial charge in [-0.25, -0.2) is 4.39 Å². The van der Waals surface area contributed by atoms with Gasteiger partial charge in [-0.3, -0.25) is 34.7 Å². The van der Waals surface area contributed by atoms with E-state index >= 15 is 0 Å². The van der Waals surface area contributed by atoms with Crippen molar-refractivity contribution in [2.24, 2.45) is 0 Å². The Balaban J connectivity index is 1.56. The summed E-state index contributed by atoms with van der Waals surface area (Å²) >= 11 is 0.704. The first kappa shape index (κ1) is 23.6. The number of non-ortho nitro benzene ring substituents is 1. The summed E-state index contributed by atoms with van der Waals surface area (Å²) in [5.41, 5.74) is -0.373. The summed E-state index contributed by atoms with van der Waals surface area (Å²) in [4.78, 5) is 46.8. The van der Waals surface area contributed by atoms with Gasteiger partial charge in [-0.2, -0.15) is 0 Å². The van der Waals surface area contributed by atoms with Crippen molar-refractivity contribution in [1.82, 2.24) is 4.90 Å². The van der Waals surface area contributed by atoms with E-state index in [1.807, 2.05) is 0 Å². The van der Waals surface area contributed by atoms with Gasteiger partial charge in [-0.05, 0) is 47.7 Å². The standard InChI is InChI=1S/C23H14FN3O7S/c24-18-7-2-1-5-15(18)13-25-22(28)21(35-23(25)29)11-14-4-3-6-17(10-14)34-20-9-8-16(26(30)31)12-19(20)27(32)33/h1-12H,13H2/b21-11-. The van der Waals surface area contributed by atoms with Crippen molar-refractivity contribution in [3.8, 4) is 11.5 Å². The summed E-state index contributed by atoms with van der Waals surface area (Å²) in [6.07, 6.45) is 1.45. The van der Waals surface area contributed by atoms with Crippen LogP contribution >= 0.6 is 11.8 Å². The number of ether oxygens (including phenoxy) is 1. The number of benzene rings is 3. The van der Waals surface area contributed by atoms with Crippen LogP contribution in [0.1, 0.15) is 11.1 Å². The normalized spacial score (nSPS) is 14.4. The smallest absolute Gasteiger partial charge is 0.318 e. The average molecular weight is 495 g/mol. The van der Waals surface area contributed by atoms with Crippen molar-refractivity contribution < 1.29 is 28.6 Å². The van der Waals surface area contributed by atoms with Crippen LogP contribution in [0.4, 0.5) is 20.6 Å². The lowest BCUT2D eigenvalue weighted by molar-refractivity contribution is -0.394. The fraction of sp³-hybridized carbons (Fsp3) is 0.0435. The van der Waals surface area contributed by atoms with Gasteiger partial charge in [0.05, 0.1) is 27.4 Å². The minimum absolute atomic E-state index is 0.116. The van der Waals surface area contributed by atoms with Crippen LogP contribution in [0.5, 0.6) is 11.5 Å². The minimum Gasteiger partial charge on any atom is -0.450 e. The number of carbonyl (C=O) groups excluding carboxylic acids is 2. The maximum absolute atomic E-state index is 13.9. The van der Waals surface area contributed by atoms with Gasteiger partial charge in [0, 0.05) is 11.6 Å².